The van der Waals surface area contributed by atoms with E-state index in [-0.39, 0.29) is 11.5 Å². The van der Waals surface area contributed by atoms with Crippen LogP contribution >= 0.6 is 25.3 Å². The molecule has 0 aliphatic carbocycles. The minimum absolute atomic E-state index is 0.00728. The van der Waals surface area contributed by atoms with E-state index in [0.717, 1.165) is 0 Å². The van der Waals surface area contributed by atoms with Crippen LogP contribution in [0, 0.1) is 0 Å². The van der Waals surface area contributed by atoms with E-state index in [4.69, 9.17) is 18.9 Å². The molecule has 6 N–H and O–H groups in total. The number of hydrogen-bond donors (Lipinski definition) is 8. The highest BCUT2D eigenvalue weighted by Crippen LogP contribution is 2.35. The Morgan fingerprint density at radius 2 is 1.52 bits per heavy atom. The van der Waals surface area contributed by atoms with Gasteiger partial charge in [-0.1, -0.05) is 0 Å². The molecule has 4 unspecified atom stereocenters. The highest BCUT2D eigenvalue weighted by atomic mass is 32.1. The van der Waals surface area contributed by atoms with Crippen LogP contribution in [0.2, 0.25) is 0 Å². The van der Waals surface area contributed by atoms with Gasteiger partial charge in [-0.25, -0.2) is 0 Å². The summed E-state index contributed by atoms with van der Waals surface area (Å²) in [7, 11) is 1.24. The molecule has 0 aromatic carbocycles. The van der Waals surface area contributed by atoms with Gasteiger partial charge < -0.3 is 49.6 Å². The number of aliphatic hydroxyl groups is 6. The zero-order valence-corrected chi connectivity index (χ0v) is 15.1. The summed E-state index contributed by atoms with van der Waals surface area (Å²) < 4.78 is 20.8. The van der Waals surface area contributed by atoms with Gasteiger partial charge in [-0.2, -0.15) is 25.3 Å². The molecule has 2 fully saturated rings. The van der Waals surface area contributed by atoms with Gasteiger partial charge in [-0.3, -0.25) is 0 Å². The minimum atomic E-state index is -2.52. The second kappa shape index (κ2) is 8.54. The van der Waals surface area contributed by atoms with E-state index >= 15 is 0 Å². The van der Waals surface area contributed by atoms with Gasteiger partial charge in [-0.15, -0.1) is 0 Å². The van der Waals surface area contributed by atoms with Crippen molar-refractivity contribution in [3.05, 3.63) is 0 Å². The third kappa shape index (κ3) is 3.95. The number of methoxy groups -OCH3 is 1. The molecule has 2 rings (SSSR count). The molecule has 10 nitrogen and oxygen atoms in total. The highest BCUT2D eigenvalue weighted by molar-refractivity contribution is 7.80. The molecular weight excluding hydrogens is 380 g/mol. The maximum Gasteiger partial charge on any atom is 0.225 e. The van der Waals surface area contributed by atoms with E-state index in [1.807, 2.05) is 0 Å². The van der Waals surface area contributed by atoms with Crippen LogP contribution in [-0.4, -0.2) is 110 Å². The maximum atomic E-state index is 10.7. The molecule has 0 aromatic rings. The van der Waals surface area contributed by atoms with Crippen molar-refractivity contribution < 1.29 is 49.6 Å². The number of ether oxygens (including phenoxy) is 4. The van der Waals surface area contributed by atoms with E-state index in [9.17, 15) is 30.6 Å². The molecule has 2 heterocycles. The van der Waals surface area contributed by atoms with Crippen molar-refractivity contribution in [2.75, 3.05) is 18.6 Å². The first-order chi connectivity index (χ1) is 11.7. The lowest BCUT2D eigenvalue weighted by atomic mass is 9.94. The lowest BCUT2D eigenvalue weighted by molar-refractivity contribution is -0.432. The maximum absolute atomic E-state index is 10.7. The van der Waals surface area contributed by atoms with Gasteiger partial charge in [0.1, 0.15) is 36.6 Å². The van der Waals surface area contributed by atoms with E-state index in [0.29, 0.717) is 0 Å². The number of thiol groups is 2. The summed E-state index contributed by atoms with van der Waals surface area (Å²) in [5.41, 5.74) is 0. The van der Waals surface area contributed by atoms with Crippen molar-refractivity contribution in [3.63, 3.8) is 0 Å². The Hall–Kier alpha value is 0.300. The average Bonchev–Trinajstić information content (AvgIpc) is 2.60. The van der Waals surface area contributed by atoms with Gasteiger partial charge in [0, 0.05) is 18.6 Å². The molecule has 2 saturated heterocycles. The molecule has 12 heteroatoms. The molecule has 25 heavy (non-hydrogen) atoms. The van der Waals surface area contributed by atoms with Crippen molar-refractivity contribution in [3.8, 4) is 0 Å². The van der Waals surface area contributed by atoms with Gasteiger partial charge in [0.2, 0.25) is 5.79 Å². The van der Waals surface area contributed by atoms with Crippen LogP contribution in [0.1, 0.15) is 0 Å². The standard InChI is InChI=1S/C13H24O10S2/c1-20-11-9(17)10(18)13(19,5(3-25)22-11)23-12-8(16)7(15)6(14)4(2-24)21-12/h4-12,14-19,24-25H,2-3H2,1H3/t4?,5?,6-,7-,8?,9?,10+,11+,12-,13+/m0/s1. The molecule has 0 amide bonds. The third-order valence-corrected chi connectivity index (χ3v) is 5.03. The molecule has 2 aliphatic heterocycles. The Morgan fingerprint density at radius 3 is 2.04 bits per heavy atom. The Balaban J connectivity index is 2.23. The lowest BCUT2D eigenvalue weighted by Crippen LogP contribution is -2.70. The first kappa shape index (κ1) is 21.6. The van der Waals surface area contributed by atoms with Gasteiger partial charge in [0.25, 0.3) is 0 Å². The second-order valence-corrected chi connectivity index (χ2v) is 6.64. The molecule has 0 saturated carbocycles. The Bertz CT molecular complexity index is 439. The van der Waals surface area contributed by atoms with Crippen LogP contribution in [0.4, 0.5) is 0 Å². The van der Waals surface area contributed by atoms with Crippen LogP contribution in [0.5, 0.6) is 0 Å². The molecule has 0 radical (unpaired) electrons. The van der Waals surface area contributed by atoms with E-state index in [1.165, 1.54) is 7.11 Å². The summed E-state index contributed by atoms with van der Waals surface area (Å²) in [6.07, 6.45) is -13.5. The monoisotopic (exact) mass is 404 g/mol. The van der Waals surface area contributed by atoms with E-state index in [1.54, 1.807) is 0 Å². The fraction of sp³-hybridized carbons (Fsp3) is 1.00. The normalized spacial score (nSPS) is 51.5. The minimum Gasteiger partial charge on any atom is -0.388 e. The van der Waals surface area contributed by atoms with Crippen molar-refractivity contribution in [1.29, 1.82) is 0 Å². The summed E-state index contributed by atoms with van der Waals surface area (Å²) in [6.45, 7) is 0. The van der Waals surface area contributed by atoms with Crippen molar-refractivity contribution in [1.82, 2.24) is 0 Å². The number of rotatable bonds is 5. The largest absolute Gasteiger partial charge is 0.388 e. The molecule has 10 atom stereocenters. The molecule has 2 aliphatic rings. The summed E-state index contributed by atoms with van der Waals surface area (Å²) in [4.78, 5) is 0. The van der Waals surface area contributed by atoms with Crippen LogP contribution in [0.3, 0.4) is 0 Å². The zero-order chi connectivity index (χ0) is 18.9. The quantitative estimate of drug-likeness (QED) is 0.170. The van der Waals surface area contributed by atoms with Crippen LogP contribution < -0.4 is 0 Å². The van der Waals surface area contributed by atoms with Crippen molar-refractivity contribution >= 4 is 25.3 Å². The number of hydrogen-bond acceptors (Lipinski definition) is 12. The molecule has 0 bridgehead atoms. The predicted molar refractivity (Wildman–Crippen MR) is 88.1 cm³/mol. The first-order valence-electron chi connectivity index (χ1n) is 7.57. The Kier molecular flexibility index (Phi) is 7.38. The van der Waals surface area contributed by atoms with Crippen LogP contribution in [0.25, 0.3) is 0 Å². The van der Waals surface area contributed by atoms with Crippen LogP contribution in [-0.2, 0) is 18.9 Å². The average molecular weight is 404 g/mol. The lowest BCUT2D eigenvalue weighted by Gasteiger charge is -2.50. The molecule has 0 aromatic heterocycles. The van der Waals surface area contributed by atoms with Crippen molar-refractivity contribution in [2.45, 2.75) is 61.1 Å². The zero-order valence-electron chi connectivity index (χ0n) is 13.3. The Morgan fingerprint density at radius 1 is 0.880 bits per heavy atom. The number of aliphatic hydroxyl groups excluding tert-OH is 5. The van der Waals surface area contributed by atoms with Crippen LogP contribution in [0.15, 0.2) is 0 Å². The van der Waals surface area contributed by atoms with E-state index in [2.05, 4.69) is 25.3 Å². The van der Waals surface area contributed by atoms with Gasteiger partial charge >= 0.3 is 0 Å². The smallest absolute Gasteiger partial charge is 0.225 e. The summed E-state index contributed by atoms with van der Waals surface area (Å²) in [6, 6.07) is 0. The highest BCUT2D eigenvalue weighted by Gasteiger charge is 2.58. The first-order valence-corrected chi connectivity index (χ1v) is 8.83. The molecule has 0 spiro atoms. The van der Waals surface area contributed by atoms with Gasteiger partial charge in [0.05, 0.1) is 6.10 Å². The van der Waals surface area contributed by atoms with Crippen molar-refractivity contribution in [2.24, 2.45) is 0 Å². The summed E-state index contributed by atoms with van der Waals surface area (Å²) in [5, 5.41) is 60.8. The Labute approximate surface area is 155 Å². The topological polar surface area (TPSA) is 158 Å². The van der Waals surface area contributed by atoms with Gasteiger partial charge in [0.15, 0.2) is 12.6 Å². The summed E-state index contributed by atoms with van der Waals surface area (Å²) in [5.74, 6) is -2.66. The molecule has 148 valence electrons. The SMILES string of the molecule is CO[C@@H]1OC(CS)[C@@](O)(O[C@@H]2OC(CS)[C@H](O)[C@H](O)C2O)[C@H](O)C1O. The predicted octanol–water partition coefficient (Wildman–Crippen LogP) is -3.55. The fourth-order valence-electron chi connectivity index (χ4n) is 2.79. The fourth-order valence-corrected chi connectivity index (χ4v) is 3.44. The molecular formula is C13H24O10S2. The van der Waals surface area contributed by atoms with Gasteiger partial charge in [-0.05, 0) is 0 Å². The third-order valence-electron chi connectivity index (χ3n) is 4.34. The second-order valence-electron chi connectivity index (χ2n) is 5.91. The summed E-state index contributed by atoms with van der Waals surface area (Å²) >= 11 is 7.99. The van der Waals surface area contributed by atoms with E-state index < -0.39 is 61.1 Å².